The molecule has 0 spiro atoms. The van der Waals surface area contributed by atoms with Crippen LogP contribution < -0.4 is 9.47 Å². The van der Waals surface area contributed by atoms with Crippen molar-refractivity contribution in [3.8, 4) is 11.5 Å². The Hall–Kier alpha value is -0.890. The lowest BCUT2D eigenvalue weighted by Gasteiger charge is -2.10. The van der Waals surface area contributed by atoms with E-state index in [1.165, 1.54) is 0 Å². The summed E-state index contributed by atoms with van der Waals surface area (Å²) in [5, 5.41) is 0.591. The molecule has 0 unspecified atom stereocenters. The van der Waals surface area contributed by atoms with Crippen molar-refractivity contribution in [3.05, 3.63) is 23.2 Å². The molecular formula is C10H13ClO2. The third kappa shape index (κ3) is 2.52. The van der Waals surface area contributed by atoms with Gasteiger partial charge < -0.3 is 9.47 Å². The van der Waals surface area contributed by atoms with E-state index in [0.29, 0.717) is 23.1 Å². The molecule has 1 aromatic rings. The Labute approximate surface area is 83.4 Å². The highest BCUT2D eigenvalue weighted by atomic mass is 35.5. The van der Waals surface area contributed by atoms with E-state index in [1.54, 1.807) is 13.2 Å². The topological polar surface area (TPSA) is 18.5 Å². The quantitative estimate of drug-likeness (QED) is 0.744. The summed E-state index contributed by atoms with van der Waals surface area (Å²) < 4.78 is 10.6. The van der Waals surface area contributed by atoms with Gasteiger partial charge in [-0.2, -0.15) is 0 Å². The minimum Gasteiger partial charge on any atom is -0.493 e. The Morgan fingerprint density at radius 3 is 2.77 bits per heavy atom. The molecule has 2 nitrogen and oxygen atoms in total. The molecular weight excluding hydrogens is 188 g/mol. The van der Waals surface area contributed by atoms with Crippen molar-refractivity contribution in [1.29, 1.82) is 0 Å². The third-order valence-electron chi connectivity index (χ3n) is 1.60. The van der Waals surface area contributed by atoms with Crippen LogP contribution in [0.4, 0.5) is 0 Å². The fourth-order valence-electron chi connectivity index (χ4n) is 0.994. The van der Waals surface area contributed by atoms with Crippen molar-refractivity contribution in [2.45, 2.75) is 13.3 Å². The maximum Gasteiger partial charge on any atom is 0.179 e. The average Bonchev–Trinajstić information content (AvgIpc) is 2.15. The van der Waals surface area contributed by atoms with Crippen LogP contribution in [-0.4, -0.2) is 13.7 Å². The number of methoxy groups -OCH3 is 1. The van der Waals surface area contributed by atoms with E-state index < -0.39 is 0 Å². The van der Waals surface area contributed by atoms with E-state index in [2.05, 4.69) is 0 Å². The molecule has 0 heterocycles. The standard InChI is InChI=1S/C10H13ClO2/c1-3-7-13-10-8(11)5-4-6-9(10)12-2/h4-6H,3,7H2,1-2H3. The first-order valence-corrected chi connectivity index (χ1v) is 4.62. The monoisotopic (exact) mass is 200 g/mol. The highest BCUT2D eigenvalue weighted by molar-refractivity contribution is 6.32. The normalized spacial score (nSPS) is 9.77. The first-order chi connectivity index (χ1) is 6.29. The van der Waals surface area contributed by atoms with E-state index in [9.17, 15) is 0 Å². The second-order valence-electron chi connectivity index (χ2n) is 2.62. The number of hydrogen-bond donors (Lipinski definition) is 0. The maximum atomic E-state index is 5.94. The molecule has 0 aliphatic heterocycles. The lowest BCUT2D eigenvalue weighted by Crippen LogP contribution is -1.98. The molecule has 0 aliphatic rings. The van der Waals surface area contributed by atoms with Crippen molar-refractivity contribution in [2.75, 3.05) is 13.7 Å². The zero-order valence-corrected chi connectivity index (χ0v) is 8.60. The zero-order chi connectivity index (χ0) is 9.68. The Balaban J connectivity index is 2.87. The van der Waals surface area contributed by atoms with E-state index in [1.807, 2.05) is 19.1 Å². The summed E-state index contributed by atoms with van der Waals surface area (Å²) in [6.07, 6.45) is 0.953. The number of ether oxygens (including phenoxy) is 2. The molecule has 1 rings (SSSR count). The zero-order valence-electron chi connectivity index (χ0n) is 7.84. The van der Waals surface area contributed by atoms with Gasteiger partial charge in [-0.25, -0.2) is 0 Å². The molecule has 0 saturated carbocycles. The van der Waals surface area contributed by atoms with Gasteiger partial charge in [-0.1, -0.05) is 24.6 Å². The minimum absolute atomic E-state index is 0.591. The molecule has 72 valence electrons. The van der Waals surface area contributed by atoms with Gasteiger partial charge in [0.15, 0.2) is 11.5 Å². The van der Waals surface area contributed by atoms with Crippen LogP contribution in [0.15, 0.2) is 18.2 Å². The third-order valence-corrected chi connectivity index (χ3v) is 1.90. The molecule has 0 saturated heterocycles. The highest BCUT2D eigenvalue weighted by Crippen LogP contribution is 2.34. The van der Waals surface area contributed by atoms with Gasteiger partial charge in [0.05, 0.1) is 18.7 Å². The fraction of sp³-hybridized carbons (Fsp3) is 0.400. The highest BCUT2D eigenvalue weighted by Gasteiger charge is 2.07. The van der Waals surface area contributed by atoms with Gasteiger partial charge in [0.25, 0.3) is 0 Å². The van der Waals surface area contributed by atoms with Crippen molar-refractivity contribution in [1.82, 2.24) is 0 Å². The van der Waals surface area contributed by atoms with E-state index in [4.69, 9.17) is 21.1 Å². The van der Waals surface area contributed by atoms with Crippen molar-refractivity contribution < 1.29 is 9.47 Å². The number of rotatable bonds is 4. The molecule has 3 heteroatoms. The van der Waals surface area contributed by atoms with Crippen LogP contribution in [0.5, 0.6) is 11.5 Å². The molecule has 0 aliphatic carbocycles. The number of hydrogen-bond acceptors (Lipinski definition) is 2. The number of para-hydroxylation sites is 1. The Bertz CT molecular complexity index is 274. The minimum atomic E-state index is 0.591. The van der Waals surface area contributed by atoms with Crippen LogP contribution in [-0.2, 0) is 0 Å². The first-order valence-electron chi connectivity index (χ1n) is 4.25. The smallest absolute Gasteiger partial charge is 0.179 e. The van der Waals surface area contributed by atoms with E-state index in [-0.39, 0.29) is 0 Å². The average molecular weight is 201 g/mol. The number of halogens is 1. The summed E-state index contributed by atoms with van der Waals surface area (Å²) in [6, 6.07) is 5.45. The van der Waals surface area contributed by atoms with Crippen LogP contribution in [0.25, 0.3) is 0 Å². The van der Waals surface area contributed by atoms with Crippen LogP contribution in [0, 0.1) is 0 Å². The van der Waals surface area contributed by atoms with Gasteiger partial charge in [-0.3, -0.25) is 0 Å². The second kappa shape index (κ2) is 4.97. The summed E-state index contributed by atoms with van der Waals surface area (Å²) >= 11 is 5.94. The lowest BCUT2D eigenvalue weighted by atomic mass is 10.3. The molecule has 0 atom stereocenters. The molecule has 0 bridgehead atoms. The van der Waals surface area contributed by atoms with Gasteiger partial charge in [0, 0.05) is 0 Å². The van der Waals surface area contributed by atoms with Crippen LogP contribution in [0.2, 0.25) is 5.02 Å². The predicted molar refractivity (Wildman–Crippen MR) is 53.8 cm³/mol. The summed E-state index contributed by atoms with van der Waals surface area (Å²) in [5.74, 6) is 1.31. The van der Waals surface area contributed by atoms with Crippen molar-refractivity contribution in [3.63, 3.8) is 0 Å². The van der Waals surface area contributed by atoms with Gasteiger partial charge in [-0.15, -0.1) is 0 Å². The summed E-state index contributed by atoms with van der Waals surface area (Å²) in [7, 11) is 1.60. The van der Waals surface area contributed by atoms with Gasteiger partial charge >= 0.3 is 0 Å². The van der Waals surface area contributed by atoms with Crippen LogP contribution in [0.1, 0.15) is 13.3 Å². The molecule has 0 fully saturated rings. The van der Waals surface area contributed by atoms with Crippen LogP contribution >= 0.6 is 11.6 Å². The Morgan fingerprint density at radius 2 is 2.15 bits per heavy atom. The molecule has 0 N–H and O–H groups in total. The predicted octanol–water partition coefficient (Wildman–Crippen LogP) is 3.14. The molecule has 0 amide bonds. The van der Waals surface area contributed by atoms with Gasteiger partial charge in [0.1, 0.15) is 0 Å². The van der Waals surface area contributed by atoms with E-state index in [0.717, 1.165) is 6.42 Å². The molecule has 1 aromatic carbocycles. The summed E-state index contributed by atoms with van der Waals surface area (Å²) in [4.78, 5) is 0. The largest absolute Gasteiger partial charge is 0.493 e. The Kier molecular flexibility index (Phi) is 3.90. The second-order valence-corrected chi connectivity index (χ2v) is 3.03. The summed E-state index contributed by atoms with van der Waals surface area (Å²) in [6.45, 7) is 2.70. The summed E-state index contributed by atoms with van der Waals surface area (Å²) in [5.41, 5.74) is 0. The maximum absolute atomic E-state index is 5.94. The van der Waals surface area contributed by atoms with E-state index >= 15 is 0 Å². The van der Waals surface area contributed by atoms with Crippen LogP contribution in [0.3, 0.4) is 0 Å². The molecule has 13 heavy (non-hydrogen) atoms. The fourth-order valence-corrected chi connectivity index (χ4v) is 1.21. The van der Waals surface area contributed by atoms with Crippen molar-refractivity contribution in [2.24, 2.45) is 0 Å². The Morgan fingerprint density at radius 1 is 1.38 bits per heavy atom. The SMILES string of the molecule is CCCOc1c(Cl)cccc1OC. The molecule has 0 aromatic heterocycles. The van der Waals surface area contributed by atoms with Crippen molar-refractivity contribution >= 4 is 11.6 Å². The first kappa shape index (κ1) is 10.2. The number of benzene rings is 1. The van der Waals surface area contributed by atoms with Gasteiger partial charge in [0.2, 0.25) is 0 Å². The van der Waals surface area contributed by atoms with Gasteiger partial charge in [-0.05, 0) is 18.6 Å². The lowest BCUT2D eigenvalue weighted by molar-refractivity contribution is 0.294. The molecule has 0 radical (unpaired) electrons.